The molecule has 0 radical (unpaired) electrons. The lowest BCUT2D eigenvalue weighted by atomic mass is 10.1. The molecule has 0 saturated carbocycles. The third kappa shape index (κ3) is 3.73. The van der Waals surface area contributed by atoms with E-state index < -0.39 is 0 Å². The molecular weight excluding hydrogens is 357 g/mol. The number of benzene rings is 2. The van der Waals surface area contributed by atoms with Gasteiger partial charge < -0.3 is 9.47 Å². The van der Waals surface area contributed by atoms with Gasteiger partial charge in [0.05, 0.1) is 30.0 Å². The maximum Gasteiger partial charge on any atom is 0.161 e. The van der Waals surface area contributed by atoms with Crippen molar-refractivity contribution in [3.05, 3.63) is 63.4 Å². The second-order valence-corrected chi connectivity index (χ2v) is 6.40. The summed E-state index contributed by atoms with van der Waals surface area (Å²) in [6, 6.07) is 11.4. The van der Waals surface area contributed by atoms with Crippen LogP contribution in [0, 0.1) is 6.92 Å². The van der Waals surface area contributed by atoms with Gasteiger partial charge in [-0.3, -0.25) is 4.98 Å². The van der Waals surface area contributed by atoms with Crippen LogP contribution in [0.15, 0.2) is 36.4 Å². The maximum absolute atomic E-state index is 6.08. The summed E-state index contributed by atoms with van der Waals surface area (Å²) in [5, 5.41) is 3.09. The maximum atomic E-state index is 6.08. The zero-order valence-electron chi connectivity index (χ0n) is 14.1. The van der Waals surface area contributed by atoms with Crippen molar-refractivity contribution in [3.63, 3.8) is 0 Å². The smallest absolute Gasteiger partial charge is 0.161 e. The van der Waals surface area contributed by atoms with Crippen LogP contribution in [0.4, 0.5) is 0 Å². The van der Waals surface area contributed by atoms with Gasteiger partial charge in [0.25, 0.3) is 0 Å². The van der Waals surface area contributed by atoms with E-state index in [0.29, 0.717) is 21.5 Å². The second kappa shape index (κ2) is 7.34. The Morgan fingerprint density at radius 1 is 0.880 bits per heavy atom. The molecule has 0 N–H and O–H groups in total. The van der Waals surface area contributed by atoms with Gasteiger partial charge >= 0.3 is 0 Å². The Kier molecular flexibility index (Phi) is 5.16. The van der Waals surface area contributed by atoms with Crippen LogP contribution >= 0.6 is 23.2 Å². The SMILES string of the molecule is COc1cc2cc(C)nc(C=Cc3ccc(Cl)c(Cl)c3)c2cc1OC. The Morgan fingerprint density at radius 3 is 2.28 bits per heavy atom. The van der Waals surface area contributed by atoms with Crippen molar-refractivity contribution in [2.24, 2.45) is 0 Å². The molecule has 5 heteroatoms. The minimum atomic E-state index is 0.525. The molecule has 128 valence electrons. The van der Waals surface area contributed by atoms with Gasteiger partial charge in [-0.2, -0.15) is 0 Å². The quantitative estimate of drug-likeness (QED) is 0.558. The average molecular weight is 374 g/mol. The van der Waals surface area contributed by atoms with E-state index in [-0.39, 0.29) is 0 Å². The Labute approximate surface area is 156 Å². The van der Waals surface area contributed by atoms with Gasteiger partial charge in [0.2, 0.25) is 0 Å². The van der Waals surface area contributed by atoms with Crippen LogP contribution < -0.4 is 9.47 Å². The molecule has 0 bridgehead atoms. The first-order chi connectivity index (χ1) is 12.0. The molecule has 0 aliphatic rings. The number of ether oxygens (including phenoxy) is 2. The van der Waals surface area contributed by atoms with Crippen LogP contribution in [0.2, 0.25) is 10.0 Å². The summed E-state index contributed by atoms with van der Waals surface area (Å²) in [4.78, 5) is 4.65. The fraction of sp³-hybridized carbons (Fsp3) is 0.150. The van der Waals surface area contributed by atoms with Gasteiger partial charge in [0.15, 0.2) is 11.5 Å². The number of pyridine rings is 1. The van der Waals surface area contributed by atoms with E-state index in [9.17, 15) is 0 Å². The van der Waals surface area contributed by atoms with E-state index >= 15 is 0 Å². The van der Waals surface area contributed by atoms with Crippen molar-refractivity contribution in [2.75, 3.05) is 14.2 Å². The predicted octanol–water partition coefficient (Wildman–Crippen LogP) is 6.04. The highest BCUT2D eigenvalue weighted by molar-refractivity contribution is 6.42. The number of aryl methyl sites for hydroxylation is 1. The minimum Gasteiger partial charge on any atom is -0.493 e. The summed E-state index contributed by atoms with van der Waals surface area (Å²) >= 11 is 12.0. The molecule has 0 atom stereocenters. The molecule has 25 heavy (non-hydrogen) atoms. The molecule has 1 aromatic heterocycles. The van der Waals surface area contributed by atoms with Crippen LogP contribution in [-0.2, 0) is 0 Å². The predicted molar refractivity (Wildman–Crippen MR) is 105 cm³/mol. The Hall–Kier alpha value is -2.23. The van der Waals surface area contributed by atoms with Crippen molar-refractivity contribution in [1.82, 2.24) is 4.98 Å². The average Bonchev–Trinajstić information content (AvgIpc) is 2.61. The Balaban J connectivity index is 2.11. The van der Waals surface area contributed by atoms with Gasteiger partial charge in [0.1, 0.15) is 0 Å². The van der Waals surface area contributed by atoms with Gasteiger partial charge in [-0.15, -0.1) is 0 Å². The Morgan fingerprint density at radius 2 is 1.60 bits per heavy atom. The highest BCUT2D eigenvalue weighted by atomic mass is 35.5. The van der Waals surface area contributed by atoms with Gasteiger partial charge in [0, 0.05) is 11.1 Å². The lowest BCUT2D eigenvalue weighted by Crippen LogP contribution is -1.94. The highest BCUT2D eigenvalue weighted by Gasteiger charge is 2.09. The normalized spacial score (nSPS) is 11.2. The summed E-state index contributed by atoms with van der Waals surface area (Å²) in [5.74, 6) is 1.37. The third-order valence-corrected chi connectivity index (χ3v) is 4.61. The topological polar surface area (TPSA) is 31.4 Å². The first-order valence-electron chi connectivity index (χ1n) is 7.68. The van der Waals surface area contributed by atoms with Crippen molar-refractivity contribution >= 4 is 46.1 Å². The van der Waals surface area contributed by atoms with Gasteiger partial charge in [-0.25, -0.2) is 0 Å². The number of halogens is 2. The van der Waals surface area contributed by atoms with E-state index in [4.69, 9.17) is 32.7 Å². The summed E-state index contributed by atoms with van der Waals surface area (Å²) in [5.41, 5.74) is 2.72. The van der Waals surface area contributed by atoms with Crippen molar-refractivity contribution in [1.29, 1.82) is 0 Å². The molecule has 0 unspecified atom stereocenters. The standard InChI is InChI=1S/C20H17Cl2NO2/c1-12-8-14-10-19(24-2)20(25-3)11-15(14)18(23-12)7-5-13-4-6-16(21)17(22)9-13/h4-11H,1-3H3. The molecule has 0 aliphatic heterocycles. The molecule has 0 saturated heterocycles. The van der Waals surface area contributed by atoms with Crippen LogP contribution in [0.1, 0.15) is 17.0 Å². The zero-order chi connectivity index (χ0) is 18.0. The van der Waals surface area contributed by atoms with E-state index in [0.717, 1.165) is 27.7 Å². The molecular formula is C20H17Cl2NO2. The molecule has 0 spiro atoms. The van der Waals surface area contributed by atoms with E-state index in [1.807, 2.05) is 49.4 Å². The lowest BCUT2D eigenvalue weighted by Gasteiger charge is -2.11. The first-order valence-corrected chi connectivity index (χ1v) is 8.44. The summed E-state index contributed by atoms with van der Waals surface area (Å²) in [7, 11) is 3.25. The molecule has 3 rings (SSSR count). The lowest BCUT2D eigenvalue weighted by molar-refractivity contribution is 0.356. The van der Waals surface area contributed by atoms with Crippen molar-refractivity contribution in [3.8, 4) is 11.5 Å². The third-order valence-electron chi connectivity index (χ3n) is 3.87. The molecule has 2 aromatic carbocycles. The largest absolute Gasteiger partial charge is 0.493 e. The van der Waals surface area contributed by atoms with Crippen LogP contribution in [0.5, 0.6) is 11.5 Å². The molecule has 0 fully saturated rings. The second-order valence-electron chi connectivity index (χ2n) is 5.58. The number of hydrogen-bond acceptors (Lipinski definition) is 3. The number of nitrogens with zero attached hydrogens (tertiary/aromatic N) is 1. The first kappa shape index (κ1) is 17.6. The van der Waals surface area contributed by atoms with Gasteiger partial charge in [-0.05, 0) is 54.3 Å². The zero-order valence-corrected chi connectivity index (χ0v) is 15.7. The number of rotatable bonds is 4. The Bertz CT molecular complexity index is 968. The van der Waals surface area contributed by atoms with Crippen molar-refractivity contribution < 1.29 is 9.47 Å². The molecule has 0 amide bonds. The van der Waals surface area contributed by atoms with Crippen LogP contribution in [-0.4, -0.2) is 19.2 Å². The minimum absolute atomic E-state index is 0.525. The number of hydrogen-bond donors (Lipinski definition) is 0. The molecule has 3 nitrogen and oxygen atoms in total. The number of methoxy groups -OCH3 is 2. The summed E-state index contributed by atoms with van der Waals surface area (Å²) in [6.07, 6.45) is 3.92. The number of aromatic nitrogens is 1. The van der Waals surface area contributed by atoms with Crippen molar-refractivity contribution in [2.45, 2.75) is 6.92 Å². The van der Waals surface area contributed by atoms with Crippen LogP contribution in [0.25, 0.3) is 22.9 Å². The summed E-state index contributed by atoms with van der Waals surface area (Å²) in [6.45, 7) is 1.96. The monoisotopic (exact) mass is 373 g/mol. The summed E-state index contributed by atoms with van der Waals surface area (Å²) < 4.78 is 10.8. The van der Waals surface area contributed by atoms with Crippen LogP contribution in [0.3, 0.4) is 0 Å². The highest BCUT2D eigenvalue weighted by Crippen LogP contribution is 2.34. The molecule has 3 aromatic rings. The fourth-order valence-electron chi connectivity index (χ4n) is 2.66. The van der Waals surface area contributed by atoms with E-state index in [1.165, 1.54) is 0 Å². The van der Waals surface area contributed by atoms with Gasteiger partial charge in [-0.1, -0.05) is 35.3 Å². The molecule has 1 heterocycles. The fourth-order valence-corrected chi connectivity index (χ4v) is 2.97. The number of fused-ring (bicyclic) bond motifs is 1. The van der Waals surface area contributed by atoms with E-state index in [1.54, 1.807) is 20.3 Å². The molecule has 0 aliphatic carbocycles. The van der Waals surface area contributed by atoms with E-state index in [2.05, 4.69) is 4.98 Å².